The molecule has 0 bridgehead atoms. The van der Waals surface area contributed by atoms with E-state index in [-0.39, 0.29) is 10.9 Å². The summed E-state index contributed by atoms with van der Waals surface area (Å²) in [6.45, 7) is 0. The number of amides is 1. The zero-order valence-corrected chi connectivity index (χ0v) is 12.1. The van der Waals surface area contributed by atoms with Crippen molar-refractivity contribution < 1.29 is 4.79 Å². The lowest BCUT2D eigenvalue weighted by atomic mass is 10.2. The summed E-state index contributed by atoms with van der Waals surface area (Å²) < 4.78 is 0.691. The van der Waals surface area contributed by atoms with Gasteiger partial charge in [-0.15, -0.1) is 0 Å². The number of pyridine rings is 1. The van der Waals surface area contributed by atoms with Gasteiger partial charge in [-0.25, -0.2) is 0 Å². The first-order valence-electron chi connectivity index (χ1n) is 4.94. The summed E-state index contributed by atoms with van der Waals surface area (Å²) in [6.07, 6.45) is 3.18. The third-order valence-corrected chi connectivity index (χ3v) is 3.67. The first-order chi connectivity index (χ1) is 8.59. The Balaban J connectivity index is 2.28. The van der Waals surface area contributed by atoms with Crippen molar-refractivity contribution in [2.24, 2.45) is 0 Å². The highest BCUT2D eigenvalue weighted by Gasteiger charge is 2.13. The quantitative estimate of drug-likeness (QED) is 0.876. The Hall–Kier alpha value is -1.10. The number of benzene rings is 1. The number of nitrogens with zero attached hydrogens (tertiary/aromatic N) is 1. The lowest BCUT2D eigenvalue weighted by molar-refractivity contribution is 0.102. The van der Waals surface area contributed by atoms with Gasteiger partial charge in [0.15, 0.2) is 0 Å². The number of rotatable bonds is 2. The second-order valence-corrected chi connectivity index (χ2v) is 5.05. The molecule has 92 valence electrons. The predicted molar refractivity (Wildman–Crippen MR) is 76.4 cm³/mol. The van der Waals surface area contributed by atoms with Crippen LogP contribution in [0.3, 0.4) is 0 Å². The van der Waals surface area contributed by atoms with Gasteiger partial charge in [0.25, 0.3) is 5.91 Å². The highest BCUT2D eigenvalue weighted by molar-refractivity contribution is 9.10. The third-order valence-electron chi connectivity index (χ3n) is 2.22. The summed E-state index contributed by atoms with van der Waals surface area (Å²) >= 11 is 15.1. The van der Waals surface area contributed by atoms with Crippen LogP contribution in [0.1, 0.15) is 10.4 Å². The minimum Gasteiger partial charge on any atom is -0.321 e. The number of carbonyl (C=O) groups is 1. The maximum Gasteiger partial charge on any atom is 0.257 e. The summed E-state index contributed by atoms with van der Waals surface area (Å²) in [5, 5.41) is 3.31. The normalized spacial score (nSPS) is 10.2. The topological polar surface area (TPSA) is 42.0 Å². The van der Waals surface area contributed by atoms with Crippen LogP contribution in [-0.4, -0.2) is 10.9 Å². The summed E-state index contributed by atoms with van der Waals surface area (Å²) in [4.78, 5) is 16.0. The number of carbonyl (C=O) groups excluding carboxylic acids is 1. The summed E-state index contributed by atoms with van der Waals surface area (Å²) in [5.74, 6) is -0.325. The van der Waals surface area contributed by atoms with E-state index in [4.69, 9.17) is 23.2 Å². The Kier molecular flexibility index (Phi) is 4.22. The Bertz CT molecular complexity index is 604. The van der Waals surface area contributed by atoms with Gasteiger partial charge in [-0.2, -0.15) is 0 Å². The Morgan fingerprint density at radius 1 is 1.28 bits per heavy atom. The molecule has 0 radical (unpaired) electrons. The molecule has 0 aliphatic heterocycles. The van der Waals surface area contributed by atoms with Gasteiger partial charge in [-0.3, -0.25) is 9.78 Å². The molecule has 0 fully saturated rings. The first-order valence-corrected chi connectivity index (χ1v) is 6.49. The van der Waals surface area contributed by atoms with Gasteiger partial charge in [0, 0.05) is 12.4 Å². The average molecular weight is 346 g/mol. The van der Waals surface area contributed by atoms with Gasteiger partial charge < -0.3 is 5.32 Å². The highest BCUT2D eigenvalue weighted by Crippen LogP contribution is 2.27. The molecule has 0 unspecified atom stereocenters. The first kappa shape index (κ1) is 13.3. The molecule has 1 heterocycles. The number of nitrogens with one attached hydrogen (secondary N) is 1. The predicted octanol–water partition coefficient (Wildman–Crippen LogP) is 4.40. The van der Waals surface area contributed by atoms with Crippen molar-refractivity contribution in [1.29, 1.82) is 0 Å². The molecule has 6 heteroatoms. The zero-order valence-electron chi connectivity index (χ0n) is 8.95. The molecular formula is C12H7BrCl2N2O. The van der Waals surface area contributed by atoms with E-state index in [1.54, 1.807) is 36.7 Å². The van der Waals surface area contributed by atoms with E-state index < -0.39 is 0 Å². The summed E-state index contributed by atoms with van der Waals surface area (Å²) in [7, 11) is 0. The molecule has 1 amide bonds. The summed E-state index contributed by atoms with van der Waals surface area (Å²) in [6, 6.07) is 6.59. The van der Waals surface area contributed by atoms with E-state index in [2.05, 4.69) is 26.2 Å². The van der Waals surface area contributed by atoms with E-state index in [1.165, 1.54) is 0 Å². The van der Waals surface area contributed by atoms with Gasteiger partial charge in [0.05, 0.1) is 25.8 Å². The van der Waals surface area contributed by atoms with Crippen LogP contribution < -0.4 is 5.32 Å². The van der Waals surface area contributed by atoms with Crippen LogP contribution in [-0.2, 0) is 0 Å². The number of hydrogen-bond acceptors (Lipinski definition) is 2. The van der Waals surface area contributed by atoms with Crippen LogP contribution in [0.5, 0.6) is 0 Å². The van der Waals surface area contributed by atoms with Crippen LogP contribution in [0.2, 0.25) is 10.0 Å². The Labute approximate surface area is 122 Å². The van der Waals surface area contributed by atoms with Gasteiger partial charge in [0.1, 0.15) is 0 Å². The smallest absolute Gasteiger partial charge is 0.257 e. The van der Waals surface area contributed by atoms with Gasteiger partial charge >= 0.3 is 0 Å². The maximum absolute atomic E-state index is 12.0. The van der Waals surface area contributed by atoms with E-state index >= 15 is 0 Å². The lowest BCUT2D eigenvalue weighted by Gasteiger charge is -2.08. The molecule has 1 aromatic carbocycles. The molecule has 2 aromatic rings. The van der Waals surface area contributed by atoms with Crippen LogP contribution in [0.15, 0.2) is 41.1 Å². The molecule has 1 N–H and O–H groups in total. The molecule has 3 nitrogen and oxygen atoms in total. The Morgan fingerprint density at radius 2 is 2.06 bits per heavy atom. The molecule has 0 spiro atoms. The molecule has 18 heavy (non-hydrogen) atoms. The number of aromatic nitrogens is 1. The van der Waals surface area contributed by atoms with Crippen LogP contribution in [0, 0.1) is 0 Å². The third kappa shape index (κ3) is 2.83. The second-order valence-electron chi connectivity index (χ2n) is 3.41. The van der Waals surface area contributed by atoms with Crippen molar-refractivity contribution in [3.8, 4) is 0 Å². The molecule has 0 aliphatic carbocycles. The molecular weight excluding hydrogens is 339 g/mol. The lowest BCUT2D eigenvalue weighted by Crippen LogP contribution is -2.13. The van der Waals surface area contributed by atoms with E-state index in [1.807, 2.05) is 0 Å². The maximum atomic E-state index is 12.0. The van der Waals surface area contributed by atoms with Crippen molar-refractivity contribution in [3.63, 3.8) is 0 Å². The minimum atomic E-state index is -0.325. The van der Waals surface area contributed by atoms with Crippen LogP contribution in [0.4, 0.5) is 5.69 Å². The monoisotopic (exact) mass is 344 g/mol. The van der Waals surface area contributed by atoms with Gasteiger partial charge in [-0.05, 0) is 34.1 Å². The Morgan fingerprint density at radius 3 is 2.78 bits per heavy atom. The SMILES string of the molecule is O=C(Nc1ccncc1Br)c1cccc(Cl)c1Cl. The second kappa shape index (κ2) is 5.69. The molecule has 0 saturated carbocycles. The van der Waals surface area contributed by atoms with Crippen molar-refractivity contribution in [3.05, 3.63) is 56.7 Å². The summed E-state index contributed by atoms with van der Waals surface area (Å²) in [5.41, 5.74) is 0.943. The number of halogens is 3. The van der Waals surface area contributed by atoms with E-state index in [0.717, 1.165) is 0 Å². The van der Waals surface area contributed by atoms with E-state index in [0.29, 0.717) is 20.7 Å². The fourth-order valence-electron chi connectivity index (χ4n) is 1.35. The van der Waals surface area contributed by atoms with Crippen molar-refractivity contribution in [2.45, 2.75) is 0 Å². The number of anilines is 1. The highest BCUT2D eigenvalue weighted by atomic mass is 79.9. The van der Waals surface area contributed by atoms with Crippen molar-refractivity contribution in [1.82, 2.24) is 4.98 Å². The fraction of sp³-hybridized carbons (Fsp3) is 0. The zero-order chi connectivity index (χ0) is 13.1. The van der Waals surface area contributed by atoms with Gasteiger partial charge in [-0.1, -0.05) is 29.3 Å². The van der Waals surface area contributed by atoms with E-state index in [9.17, 15) is 4.79 Å². The standard InChI is InChI=1S/C12H7BrCl2N2O/c13-8-6-16-5-4-10(8)17-12(18)7-2-1-3-9(14)11(7)15/h1-6H,(H,16,17,18). The molecule has 1 aromatic heterocycles. The van der Waals surface area contributed by atoms with Crippen LogP contribution in [0.25, 0.3) is 0 Å². The van der Waals surface area contributed by atoms with Crippen LogP contribution >= 0.6 is 39.1 Å². The minimum absolute atomic E-state index is 0.238. The van der Waals surface area contributed by atoms with Gasteiger partial charge in [0.2, 0.25) is 0 Å². The molecule has 0 aliphatic rings. The number of hydrogen-bond donors (Lipinski definition) is 1. The average Bonchev–Trinajstić information content (AvgIpc) is 2.35. The van der Waals surface area contributed by atoms with Crippen molar-refractivity contribution in [2.75, 3.05) is 5.32 Å². The molecule has 0 atom stereocenters. The largest absolute Gasteiger partial charge is 0.321 e. The van der Waals surface area contributed by atoms with Crippen molar-refractivity contribution >= 4 is 50.7 Å². The molecule has 0 saturated heterocycles. The fourth-order valence-corrected chi connectivity index (χ4v) is 2.08. The molecule has 2 rings (SSSR count).